The molecule has 2 aromatic heterocycles. The fourth-order valence-electron chi connectivity index (χ4n) is 4.78. The van der Waals surface area contributed by atoms with Crippen LogP contribution in [0.1, 0.15) is 48.8 Å². The highest BCUT2D eigenvalue weighted by Gasteiger charge is 2.23. The molecule has 0 atom stereocenters. The summed E-state index contributed by atoms with van der Waals surface area (Å²) in [5.74, 6) is 1.66. The molecule has 3 N–H and O–H groups in total. The lowest BCUT2D eigenvalue weighted by Crippen LogP contribution is -2.51. The summed E-state index contributed by atoms with van der Waals surface area (Å²) >= 11 is 7.48. The molecule has 248 valence electrons. The van der Waals surface area contributed by atoms with E-state index in [1.165, 1.54) is 17.5 Å². The Balaban J connectivity index is 1.28. The zero-order valence-electron chi connectivity index (χ0n) is 27.1. The number of carbonyl (C=O) groups excluding carboxylic acids is 3. The number of nitrogens with zero attached hydrogens (tertiary/aromatic N) is 6. The van der Waals surface area contributed by atoms with Crippen molar-refractivity contribution in [2.45, 2.75) is 47.1 Å². The first kappa shape index (κ1) is 34.9. The first-order chi connectivity index (χ1) is 21.8. The second kappa shape index (κ2) is 15.5. The van der Waals surface area contributed by atoms with Crippen molar-refractivity contribution >= 4 is 63.3 Å². The molecule has 1 fully saturated rings. The molecule has 1 aromatic carbocycles. The van der Waals surface area contributed by atoms with E-state index in [2.05, 4.69) is 40.7 Å². The van der Waals surface area contributed by atoms with Crippen molar-refractivity contribution in [2.75, 3.05) is 67.9 Å². The number of aromatic nitrogens is 3. The standard InChI is InChI=1S/C31H42ClN9O4S/c1-7-40(12-11-33-30(44)45-31(4,5)6)26(42)19-39-13-15-41(16-14-39)25-17-24(35-21(3)36-25)37-29-34-18-23(46-29)28(43)38-27-20(2)9-8-10-22(27)32/h8-10,17-18H,7,11-16,19H2,1-6H3,(H,33,44)(H,38,43)(H,34,35,36,37). The number of alkyl carbamates (subject to hydrolysis) is 1. The van der Waals surface area contributed by atoms with Crippen molar-refractivity contribution in [1.29, 1.82) is 0 Å². The Labute approximate surface area is 278 Å². The van der Waals surface area contributed by atoms with Crippen LogP contribution in [0.4, 0.5) is 27.2 Å². The minimum atomic E-state index is -0.571. The van der Waals surface area contributed by atoms with Gasteiger partial charge in [-0.25, -0.2) is 19.7 Å². The topological polar surface area (TPSA) is 145 Å². The molecule has 0 radical (unpaired) electrons. The Morgan fingerprint density at radius 3 is 2.52 bits per heavy atom. The summed E-state index contributed by atoms with van der Waals surface area (Å²) in [6, 6.07) is 7.31. The highest BCUT2D eigenvalue weighted by Crippen LogP contribution is 2.28. The van der Waals surface area contributed by atoms with Crippen LogP contribution in [0.15, 0.2) is 30.5 Å². The molecule has 1 aliphatic rings. The van der Waals surface area contributed by atoms with Gasteiger partial charge in [-0.1, -0.05) is 35.1 Å². The number of halogens is 1. The maximum atomic E-state index is 13.0. The summed E-state index contributed by atoms with van der Waals surface area (Å²) in [6.45, 7) is 15.4. The van der Waals surface area contributed by atoms with Crippen LogP contribution < -0.4 is 20.9 Å². The molecule has 13 nitrogen and oxygen atoms in total. The average Bonchev–Trinajstić information content (AvgIpc) is 3.45. The van der Waals surface area contributed by atoms with Gasteiger partial charge < -0.3 is 30.5 Å². The van der Waals surface area contributed by atoms with Gasteiger partial charge in [0, 0.05) is 51.9 Å². The van der Waals surface area contributed by atoms with Crippen LogP contribution in [-0.4, -0.2) is 101 Å². The number of amides is 3. The number of benzene rings is 1. The number of thiazole rings is 1. The molecular weight excluding hydrogens is 630 g/mol. The number of anilines is 4. The van der Waals surface area contributed by atoms with Crippen molar-refractivity contribution in [1.82, 2.24) is 30.1 Å². The second-order valence-electron chi connectivity index (χ2n) is 11.9. The number of likely N-dealkylation sites (N-methyl/N-ethyl adjacent to an activating group) is 1. The number of hydrogen-bond acceptors (Lipinski definition) is 11. The molecule has 0 bridgehead atoms. The normalized spacial score (nSPS) is 13.7. The van der Waals surface area contributed by atoms with Gasteiger partial charge in [-0.05, 0) is 53.2 Å². The number of aryl methyl sites for hydroxylation is 2. The highest BCUT2D eigenvalue weighted by atomic mass is 35.5. The van der Waals surface area contributed by atoms with Crippen LogP contribution in [0.2, 0.25) is 5.02 Å². The van der Waals surface area contributed by atoms with Crippen LogP contribution in [0.3, 0.4) is 0 Å². The number of piperazine rings is 1. The Morgan fingerprint density at radius 2 is 1.85 bits per heavy atom. The first-order valence-corrected chi connectivity index (χ1v) is 16.4. The molecule has 46 heavy (non-hydrogen) atoms. The minimum Gasteiger partial charge on any atom is -0.444 e. The predicted molar refractivity (Wildman–Crippen MR) is 181 cm³/mol. The monoisotopic (exact) mass is 671 g/mol. The smallest absolute Gasteiger partial charge is 0.407 e. The molecule has 0 aliphatic carbocycles. The average molecular weight is 672 g/mol. The van der Waals surface area contributed by atoms with Crippen molar-refractivity contribution in [3.05, 3.63) is 51.7 Å². The zero-order valence-corrected chi connectivity index (χ0v) is 28.7. The van der Waals surface area contributed by atoms with E-state index in [0.717, 1.165) is 11.4 Å². The van der Waals surface area contributed by atoms with E-state index in [4.69, 9.17) is 16.3 Å². The molecule has 3 amide bonds. The maximum Gasteiger partial charge on any atom is 0.407 e. The fraction of sp³-hybridized carbons (Fsp3) is 0.484. The number of para-hydroxylation sites is 1. The molecule has 0 unspecified atom stereocenters. The van der Waals surface area contributed by atoms with Crippen LogP contribution >= 0.6 is 22.9 Å². The van der Waals surface area contributed by atoms with E-state index in [1.807, 2.05) is 59.7 Å². The van der Waals surface area contributed by atoms with Gasteiger partial charge in [0.2, 0.25) is 5.91 Å². The summed E-state index contributed by atoms with van der Waals surface area (Å²) in [6.07, 6.45) is 1.02. The van der Waals surface area contributed by atoms with Crippen molar-refractivity contribution in [3.8, 4) is 0 Å². The van der Waals surface area contributed by atoms with Crippen LogP contribution in [0.5, 0.6) is 0 Å². The summed E-state index contributed by atoms with van der Waals surface area (Å²) in [5.41, 5.74) is 0.874. The summed E-state index contributed by atoms with van der Waals surface area (Å²) in [7, 11) is 0. The lowest BCUT2D eigenvalue weighted by Gasteiger charge is -2.36. The molecule has 4 rings (SSSR count). The van der Waals surface area contributed by atoms with Gasteiger partial charge in [-0.3, -0.25) is 14.5 Å². The number of rotatable bonds is 11. The van der Waals surface area contributed by atoms with E-state index in [9.17, 15) is 14.4 Å². The molecule has 3 heterocycles. The van der Waals surface area contributed by atoms with Crippen LogP contribution in [0.25, 0.3) is 0 Å². The third kappa shape index (κ3) is 9.99. The van der Waals surface area contributed by atoms with E-state index in [1.54, 1.807) is 11.0 Å². The van der Waals surface area contributed by atoms with Crippen molar-refractivity contribution in [3.63, 3.8) is 0 Å². The van der Waals surface area contributed by atoms with Crippen molar-refractivity contribution < 1.29 is 19.1 Å². The Morgan fingerprint density at radius 1 is 1.11 bits per heavy atom. The lowest BCUT2D eigenvalue weighted by molar-refractivity contribution is -0.132. The molecule has 1 aliphatic heterocycles. The summed E-state index contributed by atoms with van der Waals surface area (Å²) in [4.78, 5) is 57.7. The van der Waals surface area contributed by atoms with Gasteiger partial charge in [-0.15, -0.1) is 0 Å². The van der Waals surface area contributed by atoms with Gasteiger partial charge >= 0.3 is 6.09 Å². The molecular formula is C31H42ClN9O4S. The molecule has 3 aromatic rings. The Bertz CT molecular complexity index is 1520. The van der Waals surface area contributed by atoms with Crippen LogP contribution in [0, 0.1) is 13.8 Å². The third-order valence-corrected chi connectivity index (χ3v) is 8.32. The Hall–Kier alpha value is -4.01. The summed E-state index contributed by atoms with van der Waals surface area (Å²) in [5, 5.41) is 9.78. The fourth-order valence-corrected chi connectivity index (χ4v) is 5.77. The van der Waals surface area contributed by atoms with E-state index in [0.29, 0.717) is 84.7 Å². The van der Waals surface area contributed by atoms with E-state index >= 15 is 0 Å². The minimum absolute atomic E-state index is 0.0183. The number of nitrogens with one attached hydrogen (secondary N) is 3. The van der Waals surface area contributed by atoms with Gasteiger partial charge in [0.1, 0.15) is 27.9 Å². The molecule has 0 spiro atoms. The quantitative estimate of drug-likeness (QED) is 0.262. The number of hydrogen-bond donors (Lipinski definition) is 3. The third-order valence-electron chi connectivity index (χ3n) is 7.09. The zero-order chi connectivity index (χ0) is 33.4. The molecule has 0 saturated carbocycles. The molecule has 1 saturated heterocycles. The van der Waals surface area contributed by atoms with Gasteiger partial charge in [-0.2, -0.15) is 0 Å². The van der Waals surface area contributed by atoms with Crippen molar-refractivity contribution in [2.24, 2.45) is 0 Å². The van der Waals surface area contributed by atoms with Gasteiger partial charge in [0.15, 0.2) is 5.13 Å². The second-order valence-corrected chi connectivity index (χ2v) is 13.3. The van der Waals surface area contributed by atoms with E-state index in [-0.39, 0.29) is 11.8 Å². The lowest BCUT2D eigenvalue weighted by atomic mass is 10.2. The van der Waals surface area contributed by atoms with Gasteiger partial charge in [0.25, 0.3) is 5.91 Å². The summed E-state index contributed by atoms with van der Waals surface area (Å²) < 4.78 is 5.26. The molecule has 15 heteroatoms. The SMILES string of the molecule is CCN(CCNC(=O)OC(C)(C)C)C(=O)CN1CCN(c2cc(Nc3ncc(C(=O)Nc4c(C)cccc4Cl)s3)nc(C)n2)CC1. The maximum absolute atomic E-state index is 13.0. The van der Waals surface area contributed by atoms with Crippen LogP contribution in [-0.2, 0) is 9.53 Å². The Kier molecular flexibility index (Phi) is 11.8. The number of ether oxygens (including phenoxy) is 1. The van der Waals surface area contributed by atoms with Gasteiger partial charge in [0.05, 0.1) is 23.5 Å². The highest BCUT2D eigenvalue weighted by molar-refractivity contribution is 7.17. The first-order valence-electron chi connectivity index (χ1n) is 15.2. The predicted octanol–water partition coefficient (Wildman–Crippen LogP) is 4.69. The largest absolute Gasteiger partial charge is 0.444 e. The number of carbonyl (C=O) groups is 3. The van der Waals surface area contributed by atoms with E-state index < -0.39 is 11.7 Å².